The Labute approximate surface area is 157 Å². The number of hydrogen-bond donors (Lipinski definition) is 1. The van der Waals surface area contributed by atoms with Gasteiger partial charge in [0.1, 0.15) is 0 Å². The van der Waals surface area contributed by atoms with E-state index in [1.165, 1.54) is 0 Å². The molecule has 3 aliphatic heterocycles. The van der Waals surface area contributed by atoms with E-state index in [0.717, 1.165) is 30.6 Å². The minimum atomic E-state index is -1.17. The average Bonchev–Trinajstić information content (AvgIpc) is 3.03. The number of amides is 2. The summed E-state index contributed by atoms with van der Waals surface area (Å²) in [7, 11) is 0. The molecular formula is C18H20ClN3O2S. The molecule has 1 aromatic carbocycles. The SMILES string of the molecule is CC(C)N1C(=O)[C@]2(Cc3c(Cl)cccc3N3CCC[C@H]32)C(=O)NC1=S. The average molecular weight is 378 g/mol. The Bertz CT molecular complexity index is 797. The Morgan fingerprint density at radius 1 is 1.36 bits per heavy atom. The Balaban J connectivity index is 1.91. The van der Waals surface area contributed by atoms with E-state index >= 15 is 0 Å². The molecule has 1 spiro atoms. The summed E-state index contributed by atoms with van der Waals surface area (Å²) in [5.74, 6) is -0.486. The molecule has 5 nitrogen and oxygen atoms in total. The zero-order valence-corrected chi connectivity index (χ0v) is 15.8. The topological polar surface area (TPSA) is 52.7 Å². The lowest BCUT2D eigenvalue weighted by Crippen LogP contribution is -2.72. The molecule has 0 radical (unpaired) electrons. The molecule has 0 unspecified atom stereocenters. The third-order valence-electron chi connectivity index (χ3n) is 5.64. The largest absolute Gasteiger partial charge is 0.367 e. The van der Waals surface area contributed by atoms with Gasteiger partial charge in [-0.15, -0.1) is 0 Å². The van der Waals surface area contributed by atoms with Crippen molar-refractivity contribution in [1.82, 2.24) is 10.2 Å². The van der Waals surface area contributed by atoms with Crippen LogP contribution in [0.15, 0.2) is 18.2 Å². The highest BCUT2D eigenvalue weighted by molar-refractivity contribution is 7.80. The van der Waals surface area contributed by atoms with E-state index < -0.39 is 5.41 Å². The number of fused-ring (bicyclic) bond motifs is 4. The van der Waals surface area contributed by atoms with E-state index in [1.54, 1.807) is 4.90 Å². The van der Waals surface area contributed by atoms with Crippen molar-refractivity contribution in [1.29, 1.82) is 0 Å². The number of nitrogens with one attached hydrogen (secondary N) is 1. The molecule has 25 heavy (non-hydrogen) atoms. The van der Waals surface area contributed by atoms with Crippen LogP contribution in [0.2, 0.25) is 5.02 Å². The number of benzene rings is 1. The first kappa shape index (κ1) is 16.8. The molecule has 2 saturated heterocycles. The van der Waals surface area contributed by atoms with Gasteiger partial charge < -0.3 is 10.2 Å². The van der Waals surface area contributed by atoms with Gasteiger partial charge in [-0.05, 0) is 56.6 Å². The second kappa shape index (κ2) is 5.68. The smallest absolute Gasteiger partial charge is 0.247 e. The maximum Gasteiger partial charge on any atom is 0.247 e. The Kier molecular flexibility index (Phi) is 3.81. The van der Waals surface area contributed by atoms with Gasteiger partial charge in [-0.2, -0.15) is 0 Å². The number of halogens is 1. The van der Waals surface area contributed by atoms with Crippen LogP contribution in [0, 0.1) is 5.41 Å². The fourth-order valence-corrected chi connectivity index (χ4v) is 5.17. The van der Waals surface area contributed by atoms with Crippen molar-refractivity contribution in [3.63, 3.8) is 0 Å². The maximum atomic E-state index is 13.5. The Morgan fingerprint density at radius 3 is 2.84 bits per heavy atom. The summed E-state index contributed by atoms with van der Waals surface area (Å²) >= 11 is 11.7. The third kappa shape index (κ3) is 2.16. The van der Waals surface area contributed by atoms with Crippen molar-refractivity contribution >= 4 is 46.4 Å². The maximum absolute atomic E-state index is 13.5. The summed E-state index contributed by atoms with van der Waals surface area (Å²) < 4.78 is 0. The summed E-state index contributed by atoms with van der Waals surface area (Å²) in [5.41, 5.74) is 0.758. The van der Waals surface area contributed by atoms with Gasteiger partial charge in [-0.1, -0.05) is 17.7 Å². The van der Waals surface area contributed by atoms with E-state index in [0.29, 0.717) is 11.4 Å². The van der Waals surface area contributed by atoms with E-state index in [1.807, 2.05) is 32.0 Å². The quantitative estimate of drug-likeness (QED) is 0.603. The molecule has 3 heterocycles. The Hall–Kier alpha value is -1.66. The predicted octanol–water partition coefficient (Wildman–Crippen LogP) is 2.50. The second-order valence-electron chi connectivity index (χ2n) is 7.27. The van der Waals surface area contributed by atoms with Gasteiger partial charge in [0.2, 0.25) is 11.8 Å². The first-order chi connectivity index (χ1) is 11.9. The zero-order valence-electron chi connectivity index (χ0n) is 14.2. The highest BCUT2D eigenvalue weighted by Gasteiger charge is 2.62. The van der Waals surface area contributed by atoms with Gasteiger partial charge in [0, 0.05) is 29.7 Å². The highest BCUT2D eigenvalue weighted by Crippen LogP contribution is 2.49. The summed E-state index contributed by atoms with van der Waals surface area (Å²) in [6.45, 7) is 4.64. The number of hydrogen-bond acceptors (Lipinski definition) is 4. The van der Waals surface area contributed by atoms with Crippen LogP contribution in [-0.2, 0) is 16.0 Å². The van der Waals surface area contributed by atoms with Crippen LogP contribution < -0.4 is 10.2 Å². The molecular weight excluding hydrogens is 358 g/mol. The second-order valence-corrected chi connectivity index (χ2v) is 8.06. The number of carbonyl (C=O) groups is 2. The van der Waals surface area contributed by atoms with Crippen LogP contribution in [0.1, 0.15) is 32.3 Å². The molecule has 3 aliphatic rings. The predicted molar refractivity (Wildman–Crippen MR) is 101 cm³/mol. The fraction of sp³-hybridized carbons (Fsp3) is 0.500. The van der Waals surface area contributed by atoms with E-state index in [-0.39, 0.29) is 29.0 Å². The summed E-state index contributed by atoms with van der Waals surface area (Å²) in [6, 6.07) is 5.51. The van der Waals surface area contributed by atoms with Gasteiger partial charge >= 0.3 is 0 Å². The van der Waals surface area contributed by atoms with Crippen LogP contribution in [-0.4, -0.2) is 40.5 Å². The van der Waals surface area contributed by atoms with Crippen molar-refractivity contribution < 1.29 is 9.59 Å². The first-order valence-corrected chi connectivity index (χ1v) is 9.39. The summed E-state index contributed by atoms with van der Waals surface area (Å²) in [5, 5.41) is 3.60. The van der Waals surface area contributed by atoms with E-state index in [9.17, 15) is 9.59 Å². The van der Waals surface area contributed by atoms with Crippen LogP contribution in [0.5, 0.6) is 0 Å². The lowest BCUT2D eigenvalue weighted by Gasteiger charge is -2.51. The lowest BCUT2D eigenvalue weighted by atomic mass is 9.68. The molecule has 4 rings (SSSR count). The molecule has 2 fully saturated rings. The van der Waals surface area contributed by atoms with Crippen LogP contribution in [0.4, 0.5) is 5.69 Å². The Morgan fingerprint density at radius 2 is 2.12 bits per heavy atom. The fourth-order valence-electron chi connectivity index (χ4n) is 4.55. The minimum absolute atomic E-state index is 0.111. The molecule has 1 aromatic rings. The van der Waals surface area contributed by atoms with Gasteiger partial charge in [-0.25, -0.2) is 0 Å². The van der Waals surface area contributed by atoms with Gasteiger partial charge in [0.25, 0.3) is 0 Å². The highest BCUT2D eigenvalue weighted by atomic mass is 35.5. The van der Waals surface area contributed by atoms with E-state index in [4.69, 9.17) is 23.8 Å². The molecule has 0 saturated carbocycles. The molecule has 0 bridgehead atoms. The van der Waals surface area contributed by atoms with Crippen molar-refractivity contribution in [3.05, 3.63) is 28.8 Å². The normalized spacial score (nSPS) is 28.5. The van der Waals surface area contributed by atoms with Crippen molar-refractivity contribution in [3.8, 4) is 0 Å². The summed E-state index contributed by atoms with van der Waals surface area (Å²) in [4.78, 5) is 30.4. The molecule has 2 amide bonds. The number of anilines is 1. The number of thiocarbonyl (C=S) groups is 1. The molecule has 1 N–H and O–H groups in total. The van der Waals surface area contributed by atoms with Crippen LogP contribution in [0.3, 0.4) is 0 Å². The van der Waals surface area contributed by atoms with Crippen molar-refractivity contribution in [2.24, 2.45) is 5.41 Å². The van der Waals surface area contributed by atoms with Gasteiger partial charge in [0.15, 0.2) is 10.5 Å². The number of nitrogens with zero attached hydrogens (tertiary/aromatic N) is 2. The zero-order chi connectivity index (χ0) is 17.9. The molecule has 132 valence electrons. The van der Waals surface area contributed by atoms with Crippen molar-refractivity contribution in [2.75, 3.05) is 11.4 Å². The monoisotopic (exact) mass is 377 g/mol. The van der Waals surface area contributed by atoms with Crippen LogP contribution in [0.25, 0.3) is 0 Å². The molecule has 2 atom stereocenters. The summed E-state index contributed by atoms with van der Waals surface area (Å²) in [6.07, 6.45) is 2.08. The van der Waals surface area contributed by atoms with E-state index in [2.05, 4.69) is 10.2 Å². The van der Waals surface area contributed by atoms with Gasteiger partial charge in [-0.3, -0.25) is 14.5 Å². The minimum Gasteiger partial charge on any atom is -0.367 e. The number of carbonyl (C=O) groups excluding carboxylic acids is 2. The lowest BCUT2D eigenvalue weighted by molar-refractivity contribution is -0.153. The van der Waals surface area contributed by atoms with Gasteiger partial charge in [0.05, 0.1) is 6.04 Å². The van der Waals surface area contributed by atoms with Crippen LogP contribution >= 0.6 is 23.8 Å². The molecule has 0 aliphatic carbocycles. The number of rotatable bonds is 1. The van der Waals surface area contributed by atoms with Crippen molar-refractivity contribution in [2.45, 2.75) is 45.2 Å². The third-order valence-corrected chi connectivity index (χ3v) is 6.29. The molecule has 7 heteroatoms. The standard InChI is InChI=1S/C18H20ClN3O2S/c1-10(2)22-16(24)18(15(23)20-17(22)25)9-11-12(19)5-3-6-13(11)21-8-4-7-14(18)21/h3,5-6,10,14H,4,7-9H2,1-2H3,(H,20,23,25)/t14-,18-/m0/s1. The molecule has 0 aromatic heterocycles. The first-order valence-electron chi connectivity index (χ1n) is 8.61.